The average Bonchev–Trinajstić information content (AvgIpc) is 2.68. The van der Waals surface area contributed by atoms with Gasteiger partial charge >= 0.3 is 0 Å². The van der Waals surface area contributed by atoms with Gasteiger partial charge in [0.1, 0.15) is 0 Å². The Balaban J connectivity index is 1.57. The molecule has 0 heterocycles. The third-order valence-corrected chi connectivity index (χ3v) is 4.57. The normalized spacial score (nSPS) is 40.1. The Kier molecular flexibility index (Phi) is 4.66. The van der Waals surface area contributed by atoms with Crippen molar-refractivity contribution in [2.75, 3.05) is 6.54 Å². The minimum absolute atomic E-state index is 0.0774. The molecule has 2 N–H and O–H groups in total. The maximum Gasteiger partial charge on any atom is 0.0693 e. The van der Waals surface area contributed by atoms with Crippen LogP contribution in [0.5, 0.6) is 0 Å². The Morgan fingerprint density at radius 2 is 1.81 bits per heavy atom. The fourth-order valence-electron chi connectivity index (χ4n) is 3.27. The number of aliphatic hydroxyl groups excluding tert-OH is 1. The van der Waals surface area contributed by atoms with Crippen molar-refractivity contribution >= 4 is 0 Å². The lowest BCUT2D eigenvalue weighted by molar-refractivity contribution is 0.147. The van der Waals surface area contributed by atoms with E-state index in [2.05, 4.69) is 12.2 Å². The van der Waals surface area contributed by atoms with Crippen LogP contribution in [0.2, 0.25) is 0 Å². The third kappa shape index (κ3) is 3.46. The highest BCUT2D eigenvalue weighted by Crippen LogP contribution is 2.30. The largest absolute Gasteiger partial charge is 0.392 e. The zero-order valence-corrected chi connectivity index (χ0v) is 10.6. The summed E-state index contributed by atoms with van der Waals surface area (Å²) in [6, 6.07) is 0.391. The highest BCUT2D eigenvalue weighted by atomic mass is 16.3. The second kappa shape index (κ2) is 6.02. The summed E-state index contributed by atoms with van der Waals surface area (Å²) >= 11 is 0. The number of hydrogen-bond donors (Lipinski definition) is 2. The Hall–Kier alpha value is -0.0800. The van der Waals surface area contributed by atoms with E-state index in [-0.39, 0.29) is 6.10 Å². The van der Waals surface area contributed by atoms with Gasteiger partial charge < -0.3 is 10.4 Å². The first-order valence-corrected chi connectivity index (χ1v) is 7.17. The van der Waals surface area contributed by atoms with Crippen molar-refractivity contribution in [3.8, 4) is 0 Å². The molecule has 0 aromatic carbocycles. The highest BCUT2D eigenvalue weighted by molar-refractivity contribution is 4.82. The van der Waals surface area contributed by atoms with Gasteiger partial charge in [0.25, 0.3) is 0 Å². The smallest absolute Gasteiger partial charge is 0.0693 e. The van der Waals surface area contributed by atoms with Crippen LogP contribution in [0.1, 0.15) is 58.3 Å². The highest BCUT2D eigenvalue weighted by Gasteiger charge is 2.25. The molecule has 2 saturated carbocycles. The van der Waals surface area contributed by atoms with Gasteiger partial charge in [0.05, 0.1) is 6.10 Å². The van der Waals surface area contributed by atoms with E-state index in [0.29, 0.717) is 6.04 Å². The van der Waals surface area contributed by atoms with E-state index in [1.54, 1.807) is 0 Å². The summed E-state index contributed by atoms with van der Waals surface area (Å²) in [6.45, 7) is 3.49. The molecule has 0 amide bonds. The molecule has 0 aromatic heterocycles. The quantitative estimate of drug-likeness (QED) is 0.771. The number of hydrogen-bond acceptors (Lipinski definition) is 2. The molecule has 0 spiro atoms. The van der Waals surface area contributed by atoms with Crippen molar-refractivity contribution in [3.63, 3.8) is 0 Å². The summed E-state index contributed by atoms with van der Waals surface area (Å²) in [5.41, 5.74) is 0. The summed E-state index contributed by atoms with van der Waals surface area (Å²) in [7, 11) is 0. The molecule has 0 radical (unpaired) electrons. The zero-order chi connectivity index (χ0) is 11.4. The van der Waals surface area contributed by atoms with Crippen LogP contribution in [-0.2, 0) is 0 Å². The molecular formula is C14H27NO. The van der Waals surface area contributed by atoms with Crippen molar-refractivity contribution in [2.24, 2.45) is 11.8 Å². The zero-order valence-electron chi connectivity index (χ0n) is 10.6. The monoisotopic (exact) mass is 225 g/mol. The summed E-state index contributed by atoms with van der Waals surface area (Å²) in [5, 5.41) is 13.2. The molecule has 0 aromatic rings. The van der Waals surface area contributed by atoms with Crippen molar-refractivity contribution < 1.29 is 5.11 Å². The van der Waals surface area contributed by atoms with Crippen LogP contribution in [0.3, 0.4) is 0 Å². The lowest BCUT2D eigenvalue weighted by Crippen LogP contribution is -2.36. The summed E-state index contributed by atoms with van der Waals surface area (Å²) < 4.78 is 0. The second-order valence-corrected chi connectivity index (χ2v) is 5.97. The molecule has 2 heteroatoms. The topological polar surface area (TPSA) is 32.3 Å². The first-order valence-electron chi connectivity index (χ1n) is 7.17. The molecule has 16 heavy (non-hydrogen) atoms. The predicted octanol–water partition coefficient (Wildman–Crippen LogP) is 2.71. The molecule has 0 bridgehead atoms. The maximum absolute atomic E-state index is 9.70. The standard InChI is InChI=1S/C14H27NO/c1-11-5-7-12(8-6-11)9-10-15-13-3-2-4-14(13)16/h11-16H,2-10H2,1H3. The van der Waals surface area contributed by atoms with Gasteiger partial charge in [-0.15, -0.1) is 0 Å². The Morgan fingerprint density at radius 3 is 2.44 bits per heavy atom. The minimum atomic E-state index is -0.0774. The fraction of sp³-hybridized carbons (Fsp3) is 1.00. The first kappa shape index (κ1) is 12.4. The van der Waals surface area contributed by atoms with Crippen LogP contribution >= 0.6 is 0 Å². The summed E-state index contributed by atoms with van der Waals surface area (Å²) in [5.74, 6) is 1.91. The van der Waals surface area contributed by atoms with Crippen molar-refractivity contribution in [2.45, 2.75) is 70.4 Å². The molecule has 2 aliphatic rings. The molecular weight excluding hydrogens is 198 g/mol. The van der Waals surface area contributed by atoms with Gasteiger partial charge in [-0.25, -0.2) is 0 Å². The average molecular weight is 225 g/mol. The van der Waals surface area contributed by atoms with Crippen molar-refractivity contribution in [1.82, 2.24) is 5.32 Å². The van der Waals surface area contributed by atoms with Gasteiger partial charge in [0.2, 0.25) is 0 Å². The number of nitrogens with one attached hydrogen (secondary N) is 1. The second-order valence-electron chi connectivity index (χ2n) is 5.97. The minimum Gasteiger partial charge on any atom is -0.392 e. The van der Waals surface area contributed by atoms with Gasteiger partial charge in [0, 0.05) is 6.04 Å². The maximum atomic E-state index is 9.70. The van der Waals surface area contributed by atoms with E-state index in [1.165, 1.54) is 44.9 Å². The van der Waals surface area contributed by atoms with Crippen LogP contribution in [0, 0.1) is 11.8 Å². The molecule has 2 aliphatic carbocycles. The van der Waals surface area contributed by atoms with Crippen molar-refractivity contribution in [1.29, 1.82) is 0 Å². The van der Waals surface area contributed by atoms with E-state index in [0.717, 1.165) is 24.8 Å². The van der Waals surface area contributed by atoms with Crippen LogP contribution in [-0.4, -0.2) is 23.8 Å². The summed E-state index contributed by atoms with van der Waals surface area (Å²) in [6.07, 6.45) is 10.3. The molecule has 0 saturated heterocycles. The molecule has 2 rings (SSSR count). The molecule has 2 unspecified atom stereocenters. The van der Waals surface area contributed by atoms with Crippen LogP contribution in [0.4, 0.5) is 0 Å². The third-order valence-electron chi connectivity index (χ3n) is 4.57. The van der Waals surface area contributed by atoms with Gasteiger partial charge in [0.15, 0.2) is 0 Å². The summed E-state index contributed by atoms with van der Waals surface area (Å²) in [4.78, 5) is 0. The van der Waals surface area contributed by atoms with E-state index in [1.807, 2.05) is 0 Å². The molecule has 2 atom stereocenters. The van der Waals surface area contributed by atoms with Gasteiger partial charge in [-0.05, 0) is 44.1 Å². The predicted molar refractivity (Wildman–Crippen MR) is 67.4 cm³/mol. The molecule has 2 fully saturated rings. The molecule has 0 aliphatic heterocycles. The number of aliphatic hydroxyl groups is 1. The fourth-order valence-corrected chi connectivity index (χ4v) is 3.27. The SMILES string of the molecule is CC1CCC(CCNC2CCCC2O)CC1. The Labute approximate surface area is 99.8 Å². The van der Waals surface area contributed by atoms with E-state index in [9.17, 15) is 5.11 Å². The van der Waals surface area contributed by atoms with Crippen LogP contribution in [0.25, 0.3) is 0 Å². The first-order chi connectivity index (χ1) is 7.75. The van der Waals surface area contributed by atoms with Gasteiger partial charge in [-0.3, -0.25) is 0 Å². The van der Waals surface area contributed by atoms with E-state index >= 15 is 0 Å². The van der Waals surface area contributed by atoms with Crippen LogP contribution in [0.15, 0.2) is 0 Å². The van der Waals surface area contributed by atoms with E-state index in [4.69, 9.17) is 0 Å². The number of rotatable bonds is 4. The van der Waals surface area contributed by atoms with Crippen LogP contribution < -0.4 is 5.32 Å². The van der Waals surface area contributed by atoms with E-state index < -0.39 is 0 Å². The van der Waals surface area contributed by atoms with Gasteiger partial charge in [-0.1, -0.05) is 32.6 Å². The Bertz CT molecular complexity index is 199. The Morgan fingerprint density at radius 1 is 1.06 bits per heavy atom. The molecule has 2 nitrogen and oxygen atoms in total. The van der Waals surface area contributed by atoms with Crippen molar-refractivity contribution in [3.05, 3.63) is 0 Å². The molecule has 94 valence electrons. The van der Waals surface area contributed by atoms with Gasteiger partial charge in [-0.2, -0.15) is 0 Å². The lowest BCUT2D eigenvalue weighted by Gasteiger charge is -2.27. The lowest BCUT2D eigenvalue weighted by atomic mass is 9.81.